The molecule has 0 radical (unpaired) electrons. The molecule has 1 atom stereocenters. The minimum Gasteiger partial charge on any atom is -0.487 e. The molecular weight excluding hydrogens is 278 g/mol. The number of hydrogen-bond acceptors (Lipinski definition) is 3. The SMILES string of the molecule is CCc1ccc(COc2ccc(C(C)N)cc2Cl)s1. The molecule has 2 N–H and O–H groups in total. The molecule has 102 valence electrons. The van der Waals surface area contributed by atoms with Gasteiger partial charge < -0.3 is 10.5 Å². The van der Waals surface area contributed by atoms with Crippen LogP contribution in [-0.4, -0.2) is 0 Å². The number of nitrogens with two attached hydrogens (primary N) is 1. The minimum atomic E-state index is -0.0176. The van der Waals surface area contributed by atoms with Crippen molar-refractivity contribution in [3.05, 3.63) is 50.7 Å². The molecule has 1 aromatic heterocycles. The number of hydrogen-bond donors (Lipinski definition) is 1. The molecule has 1 unspecified atom stereocenters. The zero-order valence-corrected chi connectivity index (χ0v) is 12.7. The number of benzene rings is 1. The van der Waals surface area contributed by atoms with Crippen LogP contribution < -0.4 is 10.5 Å². The molecule has 0 saturated carbocycles. The third-order valence-electron chi connectivity index (χ3n) is 2.92. The second kappa shape index (κ2) is 6.42. The summed E-state index contributed by atoms with van der Waals surface area (Å²) < 4.78 is 5.75. The first-order valence-electron chi connectivity index (χ1n) is 6.35. The van der Waals surface area contributed by atoms with Gasteiger partial charge in [0, 0.05) is 15.8 Å². The lowest BCUT2D eigenvalue weighted by molar-refractivity contribution is 0.310. The van der Waals surface area contributed by atoms with Gasteiger partial charge in [0.05, 0.1) is 5.02 Å². The molecule has 0 fully saturated rings. The molecule has 0 aliphatic heterocycles. The average molecular weight is 296 g/mol. The smallest absolute Gasteiger partial charge is 0.138 e. The van der Waals surface area contributed by atoms with E-state index < -0.39 is 0 Å². The maximum absolute atomic E-state index is 6.20. The third kappa shape index (κ3) is 3.72. The zero-order chi connectivity index (χ0) is 13.8. The first kappa shape index (κ1) is 14.4. The van der Waals surface area contributed by atoms with Gasteiger partial charge in [0.2, 0.25) is 0 Å². The number of rotatable bonds is 5. The van der Waals surface area contributed by atoms with Gasteiger partial charge >= 0.3 is 0 Å². The van der Waals surface area contributed by atoms with Crippen LogP contribution in [0.5, 0.6) is 5.75 Å². The lowest BCUT2D eigenvalue weighted by Gasteiger charge is -2.10. The van der Waals surface area contributed by atoms with E-state index >= 15 is 0 Å². The highest BCUT2D eigenvalue weighted by Gasteiger charge is 2.07. The highest BCUT2D eigenvalue weighted by molar-refractivity contribution is 7.11. The fourth-order valence-electron chi connectivity index (χ4n) is 1.76. The third-order valence-corrected chi connectivity index (χ3v) is 4.42. The van der Waals surface area contributed by atoms with E-state index in [1.54, 1.807) is 11.3 Å². The molecule has 0 aliphatic carbocycles. The molecular formula is C15H18ClNOS. The van der Waals surface area contributed by atoms with Crippen molar-refractivity contribution in [1.82, 2.24) is 0 Å². The van der Waals surface area contributed by atoms with Gasteiger partial charge in [0.15, 0.2) is 0 Å². The summed E-state index contributed by atoms with van der Waals surface area (Å²) in [6, 6.07) is 9.94. The Bertz CT molecular complexity index is 551. The first-order chi connectivity index (χ1) is 9.10. The van der Waals surface area contributed by atoms with Gasteiger partial charge in [-0.25, -0.2) is 0 Å². The lowest BCUT2D eigenvalue weighted by atomic mass is 10.1. The Kier molecular flexibility index (Phi) is 4.86. The van der Waals surface area contributed by atoms with E-state index in [0.29, 0.717) is 17.4 Å². The van der Waals surface area contributed by atoms with Crippen LogP contribution in [0.4, 0.5) is 0 Å². The van der Waals surface area contributed by atoms with Crippen LogP contribution in [0.25, 0.3) is 0 Å². The Morgan fingerprint density at radius 2 is 2.00 bits per heavy atom. The second-order valence-electron chi connectivity index (χ2n) is 4.49. The van der Waals surface area contributed by atoms with Gasteiger partial charge in [0.1, 0.15) is 12.4 Å². The van der Waals surface area contributed by atoms with Crippen molar-refractivity contribution in [3.63, 3.8) is 0 Å². The Morgan fingerprint density at radius 1 is 1.26 bits per heavy atom. The highest BCUT2D eigenvalue weighted by Crippen LogP contribution is 2.28. The van der Waals surface area contributed by atoms with Crippen LogP contribution in [0.2, 0.25) is 5.02 Å². The standard InChI is InChI=1S/C15H18ClNOS/c1-3-12-5-6-13(19-12)9-18-15-7-4-11(10(2)17)8-14(15)16/h4-8,10H,3,9,17H2,1-2H3. The Labute approximate surface area is 123 Å². The van der Waals surface area contributed by atoms with E-state index in [0.717, 1.165) is 12.0 Å². The summed E-state index contributed by atoms with van der Waals surface area (Å²) in [5.41, 5.74) is 6.83. The van der Waals surface area contributed by atoms with Crippen molar-refractivity contribution < 1.29 is 4.74 Å². The summed E-state index contributed by atoms with van der Waals surface area (Å²) in [4.78, 5) is 2.58. The van der Waals surface area contributed by atoms with Gasteiger partial charge in [-0.2, -0.15) is 0 Å². The summed E-state index contributed by atoms with van der Waals surface area (Å²) in [7, 11) is 0. The highest BCUT2D eigenvalue weighted by atomic mass is 35.5. The van der Waals surface area contributed by atoms with Gasteiger partial charge in [-0.3, -0.25) is 0 Å². The fraction of sp³-hybridized carbons (Fsp3) is 0.333. The topological polar surface area (TPSA) is 35.2 Å². The monoisotopic (exact) mass is 295 g/mol. The van der Waals surface area contributed by atoms with E-state index in [1.807, 2.05) is 25.1 Å². The number of halogens is 1. The van der Waals surface area contributed by atoms with Crippen LogP contribution in [0.3, 0.4) is 0 Å². The normalized spacial score (nSPS) is 12.4. The molecule has 2 nitrogen and oxygen atoms in total. The summed E-state index contributed by atoms with van der Waals surface area (Å²) in [6.45, 7) is 4.64. The molecule has 1 aromatic carbocycles. The van der Waals surface area contributed by atoms with Gasteiger partial charge in [0.25, 0.3) is 0 Å². The molecule has 0 aliphatic rings. The molecule has 2 rings (SSSR count). The van der Waals surface area contributed by atoms with Gasteiger partial charge in [-0.15, -0.1) is 11.3 Å². The van der Waals surface area contributed by atoms with Crippen LogP contribution >= 0.6 is 22.9 Å². The van der Waals surface area contributed by atoms with E-state index in [-0.39, 0.29) is 6.04 Å². The van der Waals surface area contributed by atoms with Crippen molar-refractivity contribution in [2.24, 2.45) is 5.73 Å². The zero-order valence-electron chi connectivity index (χ0n) is 11.2. The quantitative estimate of drug-likeness (QED) is 0.877. The summed E-state index contributed by atoms with van der Waals surface area (Å²) in [6.07, 6.45) is 1.06. The van der Waals surface area contributed by atoms with E-state index in [9.17, 15) is 0 Å². The lowest BCUT2D eigenvalue weighted by Crippen LogP contribution is -2.05. The molecule has 0 spiro atoms. The molecule has 0 bridgehead atoms. The summed E-state index contributed by atoms with van der Waals surface area (Å²) >= 11 is 7.97. The molecule has 4 heteroatoms. The Hall–Kier alpha value is -1.03. The van der Waals surface area contributed by atoms with Crippen molar-refractivity contribution in [1.29, 1.82) is 0 Å². The molecule has 0 saturated heterocycles. The maximum Gasteiger partial charge on any atom is 0.138 e. The van der Waals surface area contributed by atoms with E-state index in [2.05, 4.69) is 19.1 Å². The Balaban J connectivity index is 2.03. The Morgan fingerprint density at radius 3 is 2.58 bits per heavy atom. The minimum absolute atomic E-state index is 0.0176. The fourth-order valence-corrected chi connectivity index (χ4v) is 2.87. The van der Waals surface area contributed by atoms with Crippen LogP contribution in [0, 0.1) is 0 Å². The van der Waals surface area contributed by atoms with Gasteiger partial charge in [-0.05, 0) is 43.2 Å². The van der Waals surface area contributed by atoms with E-state index in [1.165, 1.54) is 9.75 Å². The van der Waals surface area contributed by atoms with Crippen molar-refractivity contribution >= 4 is 22.9 Å². The van der Waals surface area contributed by atoms with Gasteiger partial charge in [-0.1, -0.05) is 24.6 Å². The summed E-state index contributed by atoms with van der Waals surface area (Å²) in [5, 5.41) is 0.613. The average Bonchev–Trinajstić information content (AvgIpc) is 2.85. The molecule has 0 amide bonds. The van der Waals surface area contributed by atoms with Crippen LogP contribution in [0.15, 0.2) is 30.3 Å². The number of aryl methyl sites for hydroxylation is 1. The predicted molar refractivity (Wildman–Crippen MR) is 82.1 cm³/mol. The van der Waals surface area contributed by atoms with Crippen molar-refractivity contribution in [3.8, 4) is 5.75 Å². The maximum atomic E-state index is 6.20. The molecule has 2 aromatic rings. The predicted octanol–water partition coefficient (Wildman–Crippen LogP) is 4.56. The second-order valence-corrected chi connectivity index (χ2v) is 6.15. The summed E-state index contributed by atoms with van der Waals surface area (Å²) in [5.74, 6) is 0.706. The van der Waals surface area contributed by atoms with Crippen LogP contribution in [-0.2, 0) is 13.0 Å². The van der Waals surface area contributed by atoms with Crippen molar-refractivity contribution in [2.75, 3.05) is 0 Å². The largest absolute Gasteiger partial charge is 0.487 e. The first-order valence-corrected chi connectivity index (χ1v) is 7.55. The molecule has 19 heavy (non-hydrogen) atoms. The molecule has 1 heterocycles. The van der Waals surface area contributed by atoms with Crippen molar-refractivity contribution in [2.45, 2.75) is 32.9 Å². The number of thiophene rings is 1. The van der Waals surface area contributed by atoms with E-state index in [4.69, 9.17) is 22.1 Å². The van der Waals surface area contributed by atoms with Crippen LogP contribution in [0.1, 0.15) is 35.2 Å². The number of ether oxygens (including phenoxy) is 1.